The van der Waals surface area contributed by atoms with E-state index >= 15 is 0 Å². The summed E-state index contributed by atoms with van der Waals surface area (Å²) < 4.78 is 5.36. The molecule has 1 atom stereocenters. The van der Waals surface area contributed by atoms with Crippen molar-refractivity contribution in [3.63, 3.8) is 0 Å². The van der Waals surface area contributed by atoms with Crippen LogP contribution in [-0.2, 0) is 13.0 Å². The minimum atomic E-state index is 0.302. The molecule has 21 heavy (non-hydrogen) atoms. The van der Waals surface area contributed by atoms with Crippen LogP contribution >= 0.6 is 0 Å². The van der Waals surface area contributed by atoms with Gasteiger partial charge in [-0.05, 0) is 19.1 Å². The van der Waals surface area contributed by atoms with Gasteiger partial charge in [-0.3, -0.25) is 0 Å². The number of benzene rings is 1. The predicted octanol–water partition coefficient (Wildman–Crippen LogP) is 2.79. The summed E-state index contributed by atoms with van der Waals surface area (Å²) in [4.78, 5) is 0. The Kier molecular flexibility index (Phi) is 4.12. The van der Waals surface area contributed by atoms with E-state index in [0.717, 1.165) is 29.1 Å². The minimum Gasteiger partial charge on any atom is -0.469 e. The summed E-state index contributed by atoms with van der Waals surface area (Å²) in [7, 11) is 0. The van der Waals surface area contributed by atoms with Gasteiger partial charge < -0.3 is 9.73 Å². The third kappa shape index (κ3) is 3.38. The molecule has 108 valence electrons. The number of furan rings is 1. The van der Waals surface area contributed by atoms with Gasteiger partial charge in [-0.2, -0.15) is 15.4 Å². The van der Waals surface area contributed by atoms with E-state index in [9.17, 15) is 0 Å². The summed E-state index contributed by atoms with van der Waals surface area (Å²) in [5.41, 5.74) is 2.89. The molecule has 5 nitrogen and oxygen atoms in total. The van der Waals surface area contributed by atoms with Gasteiger partial charge in [0, 0.05) is 24.6 Å². The van der Waals surface area contributed by atoms with E-state index < -0.39 is 0 Å². The third-order valence-corrected chi connectivity index (χ3v) is 3.37. The number of rotatable bonds is 6. The Morgan fingerprint density at radius 3 is 2.76 bits per heavy atom. The monoisotopic (exact) mass is 282 g/mol. The molecule has 1 aromatic carbocycles. The quantitative estimate of drug-likeness (QED) is 0.729. The fourth-order valence-corrected chi connectivity index (χ4v) is 2.28. The number of hydrogen-bond donors (Lipinski definition) is 2. The van der Waals surface area contributed by atoms with Crippen molar-refractivity contribution >= 4 is 0 Å². The minimum absolute atomic E-state index is 0.302. The molecular formula is C16H18N4O. The topological polar surface area (TPSA) is 66.7 Å². The average molecular weight is 282 g/mol. The number of nitrogens with one attached hydrogen (secondary N) is 2. The Morgan fingerprint density at radius 1 is 1.14 bits per heavy atom. The number of hydrogen-bond acceptors (Lipinski definition) is 4. The molecule has 0 spiro atoms. The lowest BCUT2D eigenvalue weighted by Gasteiger charge is -2.11. The summed E-state index contributed by atoms with van der Waals surface area (Å²) in [5, 5.41) is 14.6. The molecule has 0 saturated carbocycles. The van der Waals surface area contributed by atoms with Crippen LogP contribution in [0.1, 0.15) is 18.4 Å². The Hall–Kier alpha value is -2.40. The first kappa shape index (κ1) is 13.6. The van der Waals surface area contributed by atoms with Crippen LogP contribution in [0, 0.1) is 0 Å². The van der Waals surface area contributed by atoms with Crippen LogP contribution in [0.2, 0.25) is 0 Å². The van der Waals surface area contributed by atoms with E-state index in [1.54, 1.807) is 6.26 Å². The second-order valence-corrected chi connectivity index (χ2v) is 5.05. The Bertz CT molecular complexity index is 661. The SMILES string of the molecule is CC(Cc1ccco1)NCc1n[nH]nc1-c1ccccc1. The first-order chi connectivity index (χ1) is 10.3. The fourth-order valence-electron chi connectivity index (χ4n) is 2.28. The molecule has 0 aliphatic heterocycles. The van der Waals surface area contributed by atoms with Gasteiger partial charge in [-0.15, -0.1) is 0 Å². The number of aromatic nitrogens is 3. The number of nitrogens with zero attached hydrogens (tertiary/aromatic N) is 2. The van der Waals surface area contributed by atoms with Gasteiger partial charge in [-0.1, -0.05) is 30.3 Å². The Balaban J connectivity index is 1.62. The molecule has 0 aliphatic rings. The van der Waals surface area contributed by atoms with Crippen molar-refractivity contribution in [3.8, 4) is 11.3 Å². The maximum absolute atomic E-state index is 5.36. The molecule has 2 heterocycles. The van der Waals surface area contributed by atoms with Crippen molar-refractivity contribution in [3.05, 3.63) is 60.2 Å². The van der Waals surface area contributed by atoms with E-state index in [0.29, 0.717) is 12.6 Å². The zero-order valence-corrected chi connectivity index (χ0v) is 11.9. The zero-order chi connectivity index (χ0) is 14.5. The highest BCUT2D eigenvalue weighted by atomic mass is 16.3. The molecule has 5 heteroatoms. The van der Waals surface area contributed by atoms with E-state index in [4.69, 9.17) is 4.42 Å². The van der Waals surface area contributed by atoms with Crippen molar-refractivity contribution < 1.29 is 4.42 Å². The largest absolute Gasteiger partial charge is 0.469 e. The van der Waals surface area contributed by atoms with Gasteiger partial charge in [0.05, 0.1) is 6.26 Å². The van der Waals surface area contributed by atoms with Crippen LogP contribution in [0.4, 0.5) is 0 Å². The summed E-state index contributed by atoms with van der Waals surface area (Å²) >= 11 is 0. The zero-order valence-electron chi connectivity index (χ0n) is 11.9. The molecule has 0 saturated heterocycles. The van der Waals surface area contributed by atoms with Crippen LogP contribution in [0.15, 0.2) is 53.1 Å². The molecule has 0 radical (unpaired) electrons. The lowest BCUT2D eigenvalue weighted by molar-refractivity contribution is 0.455. The molecule has 0 bridgehead atoms. The third-order valence-electron chi connectivity index (χ3n) is 3.37. The second kappa shape index (κ2) is 6.37. The molecule has 2 aromatic heterocycles. The highest BCUT2D eigenvalue weighted by molar-refractivity contribution is 5.60. The van der Waals surface area contributed by atoms with E-state index in [2.05, 4.69) is 27.7 Å². The normalized spacial score (nSPS) is 12.4. The maximum atomic E-state index is 5.36. The van der Waals surface area contributed by atoms with Crippen LogP contribution in [-0.4, -0.2) is 21.5 Å². The molecule has 3 rings (SSSR count). The van der Waals surface area contributed by atoms with E-state index in [1.165, 1.54) is 0 Å². The molecule has 0 fully saturated rings. The lowest BCUT2D eigenvalue weighted by atomic mass is 10.1. The number of aromatic amines is 1. The van der Waals surface area contributed by atoms with E-state index in [-0.39, 0.29) is 0 Å². The summed E-state index contributed by atoms with van der Waals surface area (Å²) in [6.45, 7) is 2.80. The maximum Gasteiger partial charge on any atom is 0.117 e. The van der Waals surface area contributed by atoms with Crippen LogP contribution in [0.3, 0.4) is 0 Å². The predicted molar refractivity (Wildman–Crippen MR) is 80.5 cm³/mol. The van der Waals surface area contributed by atoms with Gasteiger partial charge in [-0.25, -0.2) is 0 Å². The van der Waals surface area contributed by atoms with Gasteiger partial charge in [0.15, 0.2) is 0 Å². The highest BCUT2D eigenvalue weighted by Gasteiger charge is 2.11. The molecule has 0 amide bonds. The summed E-state index contributed by atoms with van der Waals surface area (Å²) in [5.74, 6) is 0.985. The van der Waals surface area contributed by atoms with Crippen molar-refractivity contribution in [2.75, 3.05) is 0 Å². The summed E-state index contributed by atoms with van der Waals surface area (Å²) in [6.07, 6.45) is 2.55. The molecule has 3 aromatic rings. The van der Waals surface area contributed by atoms with Crippen LogP contribution in [0.5, 0.6) is 0 Å². The van der Waals surface area contributed by atoms with Gasteiger partial charge >= 0.3 is 0 Å². The smallest absolute Gasteiger partial charge is 0.117 e. The van der Waals surface area contributed by atoms with Crippen molar-refractivity contribution in [2.45, 2.75) is 25.9 Å². The second-order valence-electron chi connectivity index (χ2n) is 5.05. The van der Waals surface area contributed by atoms with Crippen molar-refractivity contribution in [2.24, 2.45) is 0 Å². The van der Waals surface area contributed by atoms with Gasteiger partial charge in [0.2, 0.25) is 0 Å². The molecule has 0 aliphatic carbocycles. The average Bonchev–Trinajstić information content (AvgIpc) is 3.17. The first-order valence-electron chi connectivity index (χ1n) is 7.04. The first-order valence-corrected chi connectivity index (χ1v) is 7.04. The standard InChI is InChI=1S/C16H18N4O/c1-12(10-14-8-5-9-21-14)17-11-15-16(19-20-18-15)13-6-3-2-4-7-13/h2-9,12,17H,10-11H2,1H3,(H,18,19,20). The van der Waals surface area contributed by atoms with Crippen molar-refractivity contribution in [1.82, 2.24) is 20.7 Å². The highest BCUT2D eigenvalue weighted by Crippen LogP contribution is 2.18. The molecule has 1 unspecified atom stereocenters. The van der Waals surface area contributed by atoms with Crippen molar-refractivity contribution in [1.29, 1.82) is 0 Å². The van der Waals surface area contributed by atoms with Gasteiger partial charge in [0.1, 0.15) is 17.1 Å². The molecular weight excluding hydrogens is 264 g/mol. The van der Waals surface area contributed by atoms with Gasteiger partial charge in [0.25, 0.3) is 0 Å². The lowest BCUT2D eigenvalue weighted by Crippen LogP contribution is -2.27. The Morgan fingerprint density at radius 2 is 2.00 bits per heavy atom. The Labute approximate surface area is 123 Å². The summed E-state index contributed by atoms with van der Waals surface area (Å²) in [6, 6.07) is 14.3. The van der Waals surface area contributed by atoms with E-state index in [1.807, 2.05) is 42.5 Å². The van der Waals surface area contributed by atoms with Crippen LogP contribution in [0.25, 0.3) is 11.3 Å². The fraction of sp³-hybridized carbons (Fsp3) is 0.250. The molecule has 2 N–H and O–H groups in total. The van der Waals surface area contributed by atoms with Crippen LogP contribution < -0.4 is 5.32 Å². The number of H-pyrrole nitrogens is 1.